The lowest BCUT2D eigenvalue weighted by atomic mass is 9.93. The fourth-order valence-corrected chi connectivity index (χ4v) is 3.59. The smallest absolute Gasteiger partial charge is 0.280 e. The molecule has 1 aromatic heterocycles. The van der Waals surface area contributed by atoms with E-state index in [4.69, 9.17) is 0 Å². The van der Waals surface area contributed by atoms with Gasteiger partial charge in [0.15, 0.2) is 5.69 Å². The fraction of sp³-hybridized carbons (Fsp3) is 0.286. The maximum atomic E-state index is 13.3. The van der Waals surface area contributed by atoms with Crippen molar-refractivity contribution >= 4 is 11.6 Å². The summed E-state index contributed by atoms with van der Waals surface area (Å²) in [4.78, 5) is 16.7. The van der Waals surface area contributed by atoms with Crippen LogP contribution in [0, 0.1) is 0 Å². The summed E-state index contributed by atoms with van der Waals surface area (Å²) < 4.78 is 0. The molecular formula is C21H22N4O. The van der Waals surface area contributed by atoms with Crippen molar-refractivity contribution in [3.8, 4) is 5.69 Å². The van der Waals surface area contributed by atoms with Gasteiger partial charge < -0.3 is 4.90 Å². The zero-order valence-corrected chi connectivity index (χ0v) is 14.7. The molecule has 0 atom stereocenters. The van der Waals surface area contributed by atoms with Crippen LogP contribution in [0.1, 0.15) is 42.6 Å². The molecule has 1 aliphatic rings. The highest BCUT2D eigenvalue weighted by atomic mass is 16.2. The number of carbonyl (C=O) groups is 1. The zero-order chi connectivity index (χ0) is 17.8. The highest BCUT2D eigenvalue weighted by Gasteiger charge is 2.29. The van der Waals surface area contributed by atoms with Gasteiger partial charge in [0, 0.05) is 11.7 Å². The number of nitrogens with zero attached hydrogens (tertiary/aromatic N) is 4. The molecule has 2 aromatic carbocycles. The van der Waals surface area contributed by atoms with E-state index in [-0.39, 0.29) is 11.9 Å². The van der Waals surface area contributed by atoms with Gasteiger partial charge in [-0.2, -0.15) is 9.90 Å². The van der Waals surface area contributed by atoms with Gasteiger partial charge in [-0.1, -0.05) is 55.7 Å². The number of hydrogen-bond acceptors (Lipinski definition) is 3. The minimum Gasteiger partial charge on any atom is -0.304 e. The van der Waals surface area contributed by atoms with E-state index in [2.05, 4.69) is 10.2 Å². The third-order valence-electron chi connectivity index (χ3n) is 4.89. The molecule has 4 rings (SSSR count). The van der Waals surface area contributed by atoms with Gasteiger partial charge in [-0.3, -0.25) is 4.79 Å². The molecule has 0 aliphatic heterocycles. The summed E-state index contributed by atoms with van der Waals surface area (Å²) in [6.45, 7) is 0. The van der Waals surface area contributed by atoms with E-state index in [0.717, 1.165) is 37.1 Å². The van der Waals surface area contributed by atoms with Gasteiger partial charge in [-0.05, 0) is 37.1 Å². The molecule has 0 N–H and O–H groups in total. The standard InChI is InChI=1S/C21H22N4O/c26-21(20-16-22-25(23-20)19-14-8-3-9-15-19)24(17-10-4-1-5-11-17)18-12-6-2-7-13-18/h1,3-5,8-11,14-16,18H,2,6-7,12-13H2. The average molecular weight is 346 g/mol. The van der Waals surface area contributed by atoms with Crippen LogP contribution < -0.4 is 4.90 Å². The first kappa shape index (κ1) is 16.5. The molecule has 5 heteroatoms. The van der Waals surface area contributed by atoms with E-state index < -0.39 is 0 Å². The Morgan fingerprint density at radius 1 is 0.923 bits per heavy atom. The van der Waals surface area contributed by atoms with Gasteiger partial charge in [-0.15, -0.1) is 5.10 Å². The quantitative estimate of drug-likeness (QED) is 0.710. The molecule has 1 heterocycles. The second kappa shape index (κ2) is 7.52. The van der Waals surface area contributed by atoms with E-state index >= 15 is 0 Å². The molecule has 132 valence electrons. The predicted octanol–water partition coefficient (Wildman–Crippen LogP) is 4.25. The van der Waals surface area contributed by atoms with Crippen molar-refractivity contribution < 1.29 is 4.79 Å². The van der Waals surface area contributed by atoms with Crippen molar-refractivity contribution in [2.75, 3.05) is 4.90 Å². The van der Waals surface area contributed by atoms with E-state index in [0.29, 0.717) is 5.69 Å². The van der Waals surface area contributed by atoms with Crippen molar-refractivity contribution in [2.45, 2.75) is 38.1 Å². The van der Waals surface area contributed by atoms with Gasteiger partial charge in [0.25, 0.3) is 5.91 Å². The SMILES string of the molecule is O=C(c1cnn(-c2ccccc2)n1)N(c1ccccc1)C1CCCCC1. The molecule has 1 saturated carbocycles. The molecule has 1 amide bonds. The van der Waals surface area contributed by atoms with Gasteiger partial charge >= 0.3 is 0 Å². The van der Waals surface area contributed by atoms with Crippen LogP contribution in [0.5, 0.6) is 0 Å². The molecule has 1 aliphatic carbocycles. The molecule has 0 spiro atoms. The molecule has 0 saturated heterocycles. The van der Waals surface area contributed by atoms with Gasteiger partial charge in [0.05, 0.1) is 11.9 Å². The Hall–Kier alpha value is -2.95. The number of amides is 1. The van der Waals surface area contributed by atoms with Crippen LogP contribution in [-0.2, 0) is 0 Å². The Kier molecular flexibility index (Phi) is 4.78. The molecule has 5 nitrogen and oxygen atoms in total. The van der Waals surface area contributed by atoms with Crippen molar-refractivity contribution in [1.82, 2.24) is 15.0 Å². The maximum Gasteiger partial charge on any atom is 0.280 e. The minimum atomic E-state index is -0.0784. The Labute approximate surface area is 153 Å². The summed E-state index contributed by atoms with van der Waals surface area (Å²) in [5, 5.41) is 8.72. The number of aromatic nitrogens is 3. The van der Waals surface area contributed by atoms with Crippen LogP contribution in [0.25, 0.3) is 5.69 Å². The molecule has 0 bridgehead atoms. The van der Waals surface area contributed by atoms with Crippen molar-refractivity contribution in [3.63, 3.8) is 0 Å². The fourth-order valence-electron chi connectivity index (χ4n) is 3.59. The second-order valence-electron chi connectivity index (χ2n) is 6.66. The number of para-hydroxylation sites is 2. The van der Waals surface area contributed by atoms with E-state index in [1.54, 1.807) is 6.20 Å². The third-order valence-corrected chi connectivity index (χ3v) is 4.89. The van der Waals surface area contributed by atoms with Crippen LogP contribution in [-0.4, -0.2) is 26.9 Å². The molecule has 26 heavy (non-hydrogen) atoms. The monoisotopic (exact) mass is 346 g/mol. The number of carbonyl (C=O) groups excluding carboxylic acids is 1. The molecule has 0 radical (unpaired) electrons. The highest BCUT2D eigenvalue weighted by Crippen LogP contribution is 2.28. The molecular weight excluding hydrogens is 324 g/mol. The number of rotatable bonds is 4. The van der Waals surface area contributed by atoms with Crippen LogP contribution in [0.4, 0.5) is 5.69 Å². The number of anilines is 1. The minimum absolute atomic E-state index is 0.0784. The summed E-state index contributed by atoms with van der Waals surface area (Å²) in [7, 11) is 0. The lowest BCUT2D eigenvalue weighted by Gasteiger charge is -2.34. The summed E-state index contributed by atoms with van der Waals surface area (Å²) in [5.41, 5.74) is 2.15. The van der Waals surface area contributed by atoms with Crippen LogP contribution in [0.2, 0.25) is 0 Å². The van der Waals surface area contributed by atoms with Crippen molar-refractivity contribution in [1.29, 1.82) is 0 Å². The van der Waals surface area contributed by atoms with Crippen LogP contribution >= 0.6 is 0 Å². The number of hydrogen-bond donors (Lipinski definition) is 0. The Balaban J connectivity index is 1.65. The topological polar surface area (TPSA) is 51.0 Å². The summed E-state index contributed by atoms with van der Waals surface area (Å²) in [5.74, 6) is -0.0784. The van der Waals surface area contributed by atoms with Crippen molar-refractivity contribution in [2.24, 2.45) is 0 Å². The maximum absolute atomic E-state index is 13.3. The first-order chi connectivity index (χ1) is 12.8. The summed E-state index contributed by atoms with van der Waals surface area (Å²) in [6, 6.07) is 19.8. The Bertz CT molecular complexity index is 854. The lowest BCUT2D eigenvalue weighted by Crippen LogP contribution is -2.42. The largest absolute Gasteiger partial charge is 0.304 e. The summed E-state index contributed by atoms with van der Waals surface area (Å²) >= 11 is 0. The Morgan fingerprint density at radius 2 is 1.58 bits per heavy atom. The number of benzene rings is 2. The van der Waals surface area contributed by atoms with Gasteiger partial charge in [0.1, 0.15) is 0 Å². The molecule has 3 aromatic rings. The van der Waals surface area contributed by atoms with E-state index in [1.165, 1.54) is 11.2 Å². The molecule has 0 unspecified atom stereocenters. The normalized spacial score (nSPS) is 14.9. The van der Waals surface area contributed by atoms with Crippen LogP contribution in [0.3, 0.4) is 0 Å². The van der Waals surface area contributed by atoms with Crippen molar-refractivity contribution in [3.05, 3.63) is 72.6 Å². The predicted molar refractivity (Wildman–Crippen MR) is 101 cm³/mol. The summed E-state index contributed by atoms with van der Waals surface area (Å²) in [6.07, 6.45) is 7.21. The highest BCUT2D eigenvalue weighted by molar-refractivity contribution is 6.05. The lowest BCUT2D eigenvalue weighted by molar-refractivity contribution is 0.0965. The Morgan fingerprint density at radius 3 is 2.27 bits per heavy atom. The van der Waals surface area contributed by atoms with E-state index in [9.17, 15) is 4.79 Å². The van der Waals surface area contributed by atoms with E-state index in [1.807, 2.05) is 65.6 Å². The van der Waals surface area contributed by atoms with Crippen LogP contribution in [0.15, 0.2) is 66.9 Å². The second-order valence-corrected chi connectivity index (χ2v) is 6.66. The van der Waals surface area contributed by atoms with Gasteiger partial charge in [-0.25, -0.2) is 0 Å². The average Bonchev–Trinajstić information content (AvgIpc) is 3.21. The molecule has 1 fully saturated rings. The third kappa shape index (κ3) is 3.38. The van der Waals surface area contributed by atoms with Gasteiger partial charge in [0.2, 0.25) is 0 Å². The first-order valence-corrected chi connectivity index (χ1v) is 9.19. The first-order valence-electron chi connectivity index (χ1n) is 9.19. The zero-order valence-electron chi connectivity index (χ0n) is 14.7.